The molecule has 3 aromatic heterocycles. The molecule has 1 N–H and O–H groups in total. The molecule has 0 saturated carbocycles. The lowest BCUT2D eigenvalue weighted by Gasteiger charge is -2.03. The lowest BCUT2D eigenvalue weighted by Crippen LogP contribution is -2.37. The summed E-state index contributed by atoms with van der Waals surface area (Å²) in [6, 6.07) is 5.97. The zero-order valence-electron chi connectivity index (χ0n) is 18.8. The van der Waals surface area contributed by atoms with E-state index in [1.807, 2.05) is 59.3 Å². The van der Waals surface area contributed by atoms with Crippen LogP contribution in [0.2, 0.25) is 0 Å². The summed E-state index contributed by atoms with van der Waals surface area (Å²) in [4.78, 5) is 32.9. The van der Waals surface area contributed by atoms with E-state index < -0.39 is 30.3 Å². The standard InChI is InChI=1S/C16H18N5O2.2C2HF3O2/c1-18-5-6-19(12-18)9-14-3-2-4-15(17-14)10-20-7-8-21(13-20)11-16(22)23;2*3-2(4,5)1(6)7/h2-8,12-13H,9-11H2,1H3;2*(H,6,7)/q+1;;/p-1. The predicted octanol–water partition coefficient (Wildman–Crippen LogP) is -1.42. The van der Waals surface area contributed by atoms with Gasteiger partial charge in [-0.05, 0) is 12.1 Å². The molecule has 0 aliphatic carbocycles. The number of carbonyl (C=O) groups is 3. The smallest absolute Gasteiger partial charge is 0.430 e. The minimum absolute atomic E-state index is 0.0366. The molecule has 3 aromatic rings. The third-order valence-corrected chi connectivity index (χ3v) is 3.90. The van der Waals surface area contributed by atoms with E-state index in [1.165, 1.54) is 0 Å². The number of pyridine rings is 1. The van der Waals surface area contributed by atoms with Crippen molar-refractivity contribution in [3.8, 4) is 0 Å². The fourth-order valence-corrected chi connectivity index (χ4v) is 2.46. The van der Waals surface area contributed by atoms with Crippen LogP contribution in [0.15, 0.2) is 55.6 Å². The van der Waals surface area contributed by atoms with Gasteiger partial charge in [-0.25, -0.2) is 28.0 Å². The summed E-state index contributed by atoms with van der Waals surface area (Å²) in [5.41, 5.74) is 1.93. The van der Waals surface area contributed by atoms with E-state index in [0.717, 1.165) is 17.9 Å². The molecule has 0 aliphatic rings. The number of rotatable bonds is 6. The Kier molecular flexibility index (Phi) is 10.8. The van der Waals surface area contributed by atoms with E-state index in [1.54, 1.807) is 17.1 Å². The number of halogens is 6. The molecule has 3 rings (SSSR count). The van der Waals surface area contributed by atoms with Gasteiger partial charge in [0.25, 0.3) is 0 Å². The molecular weight excluding hydrogens is 520 g/mol. The first-order valence-corrected chi connectivity index (χ1v) is 9.76. The third kappa shape index (κ3) is 12.2. The Bertz CT molecular complexity index is 1180. The maximum atomic E-state index is 10.7. The number of imidazole rings is 2. The van der Waals surface area contributed by atoms with Crippen molar-refractivity contribution in [1.29, 1.82) is 0 Å². The summed E-state index contributed by atoms with van der Waals surface area (Å²) in [6.45, 7) is 1.30. The molecule has 0 saturated heterocycles. The first-order valence-electron chi connectivity index (χ1n) is 9.76. The highest BCUT2D eigenvalue weighted by atomic mass is 19.4. The Labute approximate surface area is 204 Å². The topological polar surface area (TPSA) is 148 Å². The molecule has 0 bridgehead atoms. The Hall–Kier alpha value is -4.44. The van der Waals surface area contributed by atoms with Gasteiger partial charge < -0.3 is 24.9 Å². The van der Waals surface area contributed by atoms with E-state index in [4.69, 9.17) is 24.9 Å². The van der Waals surface area contributed by atoms with Gasteiger partial charge in [0.15, 0.2) is 6.54 Å². The number of aryl methyl sites for hydroxylation is 1. The van der Waals surface area contributed by atoms with Gasteiger partial charge >= 0.3 is 18.3 Å². The van der Waals surface area contributed by atoms with Crippen molar-refractivity contribution < 1.29 is 65.2 Å². The highest BCUT2D eigenvalue weighted by Crippen LogP contribution is 2.12. The first kappa shape index (κ1) is 30.6. The highest BCUT2D eigenvalue weighted by molar-refractivity contribution is 5.71. The van der Waals surface area contributed by atoms with Crippen LogP contribution in [0.3, 0.4) is 0 Å². The number of hydrogen-bond donors (Lipinski definition) is 1. The number of carboxylic acid groups (broad SMARTS) is 3. The molecule has 11 nitrogen and oxygen atoms in total. The van der Waals surface area contributed by atoms with Gasteiger partial charge in [0.2, 0.25) is 12.7 Å². The van der Waals surface area contributed by atoms with Crippen LogP contribution >= 0.6 is 0 Å². The molecular formula is C20H19F6N5O6. The van der Waals surface area contributed by atoms with Crippen LogP contribution in [0.5, 0.6) is 0 Å². The third-order valence-electron chi connectivity index (χ3n) is 3.90. The van der Waals surface area contributed by atoms with E-state index >= 15 is 0 Å². The normalized spacial score (nSPS) is 11.0. The largest absolute Gasteiger partial charge is 0.542 e. The summed E-state index contributed by atoms with van der Waals surface area (Å²) in [5.74, 6) is -6.87. The first-order chi connectivity index (χ1) is 17.0. The van der Waals surface area contributed by atoms with Crippen LogP contribution < -0.4 is 19.3 Å². The van der Waals surface area contributed by atoms with Gasteiger partial charge in [0.1, 0.15) is 49.8 Å². The quantitative estimate of drug-likeness (QED) is 0.299. The van der Waals surface area contributed by atoms with Gasteiger partial charge in [-0.2, -0.15) is 26.3 Å². The van der Waals surface area contributed by atoms with Crippen molar-refractivity contribution in [2.75, 3.05) is 0 Å². The molecule has 202 valence electrons. The number of hydrogen-bond acceptors (Lipinski definition) is 6. The van der Waals surface area contributed by atoms with E-state index in [0.29, 0.717) is 6.54 Å². The van der Waals surface area contributed by atoms with Crippen molar-refractivity contribution in [3.05, 3.63) is 67.0 Å². The van der Waals surface area contributed by atoms with Gasteiger partial charge in [0, 0.05) is 0 Å². The second kappa shape index (κ2) is 13.0. The van der Waals surface area contributed by atoms with Gasteiger partial charge in [-0.3, -0.25) is 0 Å². The van der Waals surface area contributed by atoms with Crippen molar-refractivity contribution in [2.45, 2.75) is 32.0 Å². The Morgan fingerprint density at radius 3 is 1.89 bits per heavy atom. The Morgan fingerprint density at radius 2 is 1.43 bits per heavy atom. The average Bonchev–Trinajstić information content (AvgIpc) is 3.35. The zero-order chi connectivity index (χ0) is 28.4. The van der Waals surface area contributed by atoms with Crippen molar-refractivity contribution in [2.24, 2.45) is 7.05 Å². The number of nitrogens with zero attached hydrogens (tertiary/aromatic N) is 5. The summed E-state index contributed by atoms with van der Waals surface area (Å²) in [7, 11) is 1.98. The maximum absolute atomic E-state index is 10.7. The second-order valence-corrected chi connectivity index (χ2v) is 7.09. The fraction of sp³-hybridized carbons (Fsp3) is 0.300. The van der Waals surface area contributed by atoms with Gasteiger partial charge in [-0.1, -0.05) is 6.07 Å². The number of alkyl halides is 6. The molecule has 0 amide bonds. The SMILES string of the molecule is C[n+]1ccn(Cc2cccc(C[n+]3ccn(CC(=O)O)c3)n2)c1.O=C([O-])C(F)(F)F.O=C([O-])C(F)(F)F. The van der Waals surface area contributed by atoms with E-state index in [9.17, 15) is 31.1 Å². The minimum atomic E-state index is -5.19. The van der Waals surface area contributed by atoms with Crippen LogP contribution in [-0.4, -0.2) is 49.5 Å². The van der Waals surface area contributed by atoms with Crippen LogP contribution in [0.25, 0.3) is 0 Å². The molecule has 17 heteroatoms. The summed E-state index contributed by atoms with van der Waals surface area (Å²) in [6.07, 6.45) is 0.991. The molecule has 0 unspecified atom stereocenters. The van der Waals surface area contributed by atoms with Crippen LogP contribution in [-0.2, 0) is 41.1 Å². The number of carbonyl (C=O) groups excluding carboxylic acids is 2. The number of aromatic nitrogens is 5. The molecule has 0 aromatic carbocycles. The molecule has 0 spiro atoms. The Balaban J connectivity index is 0.000000404. The van der Waals surface area contributed by atoms with Crippen molar-refractivity contribution >= 4 is 17.9 Å². The number of aliphatic carboxylic acids is 3. The molecule has 0 fully saturated rings. The number of carboxylic acids is 3. The highest BCUT2D eigenvalue weighted by Gasteiger charge is 2.29. The summed E-state index contributed by atoms with van der Waals surface area (Å²) in [5, 5.41) is 26.4. The van der Waals surface area contributed by atoms with Crippen molar-refractivity contribution in [3.63, 3.8) is 0 Å². The summed E-state index contributed by atoms with van der Waals surface area (Å²) < 4.78 is 70.7. The van der Waals surface area contributed by atoms with E-state index in [-0.39, 0.29) is 6.54 Å². The van der Waals surface area contributed by atoms with Crippen LogP contribution in [0, 0.1) is 0 Å². The van der Waals surface area contributed by atoms with Gasteiger partial charge in [0.05, 0.1) is 18.4 Å². The van der Waals surface area contributed by atoms with Crippen LogP contribution in [0.4, 0.5) is 26.3 Å². The molecule has 0 aliphatic heterocycles. The monoisotopic (exact) mass is 539 g/mol. The zero-order valence-corrected chi connectivity index (χ0v) is 18.8. The fourth-order valence-electron chi connectivity index (χ4n) is 2.46. The van der Waals surface area contributed by atoms with E-state index in [2.05, 4.69) is 9.55 Å². The lowest BCUT2D eigenvalue weighted by atomic mass is 10.3. The second-order valence-electron chi connectivity index (χ2n) is 7.09. The van der Waals surface area contributed by atoms with Crippen molar-refractivity contribution in [1.82, 2.24) is 14.1 Å². The lowest BCUT2D eigenvalue weighted by molar-refractivity contribution is -0.688. The Morgan fingerprint density at radius 1 is 0.919 bits per heavy atom. The molecule has 0 atom stereocenters. The predicted molar refractivity (Wildman–Crippen MR) is 102 cm³/mol. The maximum Gasteiger partial charge on any atom is 0.430 e. The summed E-state index contributed by atoms with van der Waals surface area (Å²) >= 11 is 0. The van der Waals surface area contributed by atoms with Crippen LogP contribution in [0.1, 0.15) is 11.4 Å². The minimum Gasteiger partial charge on any atom is -0.542 e. The molecule has 3 heterocycles. The average molecular weight is 539 g/mol. The molecule has 0 radical (unpaired) electrons. The molecule has 37 heavy (non-hydrogen) atoms. The van der Waals surface area contributed by atoms with Gasteiger partial charge in [-0.15, -0.1) is 0 Å².